The number of hydrogen-bond acceptors (Lipinski definition) is 5. The molecule has 2 rings (SSSR count). The number of guanidine groups is 1. The maximum atomic E-state index is 5.75. The van der Waals surface area contributed by atoms with Gasteiger partial charge in [-0.25, -0.2) is 0 Å². The van der Waals surface area contributed by atoms with Crippen molar-refractivity contribution in [2.45, 2.75) is 25.4 Å². The molecule has 1 heterocycles. The lowest BCUT2D eigenvalue weighted by atomic mass is 10.1. The Labute approximate surface area is 156 Å². The number of rotatable bonds is 10. The van der Waals surface area contributed by atoms with Crippen LogP contribution in [0.25, 0.3) is 0 Å². The monoisotopic (exact) mass is 365 g/mol. The van der Waals surface area contributed by atoms with Crippen LogP contribution in [0.4, 0.5) is 0 Å². The van der Waals surface area contributed by atoms with E-state index in [0.29, 0.717) is 0 Å². The van der Waals surface area contributed by atoms with E-state index in [2.05, 4.69) is 15.6 Å². The number of methoxy groups -OCH3 is 2. The molecule has 0 aliphatic carbocycles. The van der Waals surface area contributed by atoms with Crippen LogP contribution in [0, 0.1) is 0 Å². The van der Waals surface area contributed by atoms with Gasteiger partial charge in [0.2, 0.25) is 0 Å². The fourth-order valence-electron chi connectivity index (χ4n) is 2.76. The van der Waals surface area contributed by atoms with Crippen LogP contribution in [-0.4, -0.2) is 66.2 Å². The average molecular weight is 365 g/mol. The minimum Gasteiger partial charge on any atom is -0.493 e. The summed E-state index contributed by atoms with van der Waals surface area (Å²) in [6.45, 7) is 3.89. The van der Waals surface area contributed by atoms with Gasteiger partial charge in [-0.3, -0.25) is 4.99 Å². The van der Waals surface area contributed by atoms with Crippen molar-refractivity contribution in [3.63, 3.8) is 0 Å². The van der Waals surface area contributed by atoms with Crippen LogP contribution in [0.1, 0.15) is 18.4 Å². The maximum absolute atomic E-state index is 5.75. The van der Waals surface area contributed by atoms with Crippen LogP contribution in [0.2, 0.25) is 0 Å². The summed E-state index contributed by atoms with van der Waals surface area (Å²) in [6, 6.07) is 5.97. The number of ether oxygens (including phenoxy) is 4. The molecule has 0 bridgehead atoms. The first-order valence-electron chi connectivity index (χ1n) is 9.11. The molecular formula is C19H31N3O4. The van der Waals surface area contributed by atoms with Crippen LogP contribution in [0.3, 0.4) is 0 Å². The molecule has 1 aliphatic heterocycles. The quantitative estimate of drug-likeness (QED) is 0.373. The van der Waals surface area contributed by atoms with Gasteiger partial charge in [0.15, 0.2) is 17.5 Å². The summed E-state index contributed by atoms with van der Waals surface area (Å²) in [6.07, 6.45) is 3.08. The first-order chi connectivity index (χ1) is 12.8. The first-order valence-corrected chi connectivity index (χ1v) is 9.11. The predicted octanol–water partition coefficient (Wildman–Crippen LogP) is 1.61. The molecule has 7 nitrogen and oxygen atoms in total. The Morgan fingerprint density at radius 2 is 2.00 bits per heavy atom. The van der Waals surface area contributed by atoms with Crippen LogP contribution >= 0.6 is 0 Å². The largest absolute Gasteiger partial charge is 0.493 e. The van der Waals surface area contributed by atoms with Crippen molar-refractivity contribution >= 4 is 5.96 Å². The van der Waals surface area contributed by atoms with Crippen LogP contribution in [-0.2, 0) is 15.9 Å². The Balaban J connectivity index is 1.62. The molecule has 0 spiro atoms. The van der Waals surface area contributed by atoms with Gasteiger partial charge in [-0.05, 0) is 37.0 Å². The fraction of sp³-hybridized carbons (Fsp3) is 0.632. The Kier molecular flexibility index (Phi) is 9.06. The molecule has 0 amide bonds. The summed E-state index contributed by atoms with van der Waals surface area (Å²) in [7, 11) is 5.06. The molecule has 7 heteroatoms. The lowest BCUT2D eigenvalue weighted by Gasteiger charge is -2.14. The summed E-state index contributed by atoms with van der Waals surface area (Å²) in [5.74, 6) is 2.29. The summed E-state index contributed by atoms with van der Waals surface area (Å²) in [5.41, 5.74) is 1.18. The predicted molar refractivity (Wildman–Crippen MR) is 102 cm³/mol. The molecule has 146 valence electrons. The second-order valence-electron chi connectivity index (χ2n) is 6.08. The average Bonchev–Trinajstić information content (AvgIpc) is 3.19. The van der Waals surface area contributed by atoms with Crippen LogP contribution < -0.4 is 20.1 Å². The molecule has 0 aromatic heterocycles. The topological polar surface area (TPSA) is 73.3 Å². The van der Waals surface area contributed by atoms with Crippen molar-refractivity contribution in [1.82, 2.24) is 10.6 Å². The van der Waals surface area contributed by atoms with E-state index in [1.807, 2.05) is 18.2 Å². The molecule has 2 N–H and O–H groups in total. The lowest BCUT2D eigenvalue weighted by Crippen LogP contribution is -2.39. The first kappa shape index (κ1) is 20.3. The molecular weight excluding hydrogens is 334 g/mol. The molecule has 1 aliphatic rings. The van der Waals surface area contributed by atoms with Crippen molar-refractivity contribution in [1.29, 1.82) is 0 Å². The van der Waals surface area contributed by atoms with Gasteiger partial charge in [-0.2, -0.15) is 0 Å². The highest BCUT2D eigenvalue weighted by Crippen LogP contribution is 2.27. The van der Waals surface area contributed by atoms with E-state index < -0.39 is 0 Å². The second kappa shape index (κ2) is 11.6. The van der Waals surface area contributed by atoms with Crippen LogP contribution in [0.15, 0.2) is 23.2 Å². The molecule has 0 saturated carbocycles. The van der Waals surface area contributed by atoms with Gasteiger partial charge in [0.25, 0.3) is 0 Å². The molecule has 0 radical (unpaired) electrons. The van der Waals surface area contributed by atoms with Gasteiger partial charge in [0.1, 0.15) is 0 Å². The highest BCUT2D eigenvalue weighted by Gasteiger charge is 2.15. The van der Waals surface area contributed by atoms with Crippen molar-refractivity contribution in [2.24, 2.45) is 4.99 Å². The Bertz CT molecular complexity index is 560. The van der Waals surface area contributed by atoms with E-state index in [4.69, 9.17) is 18.9 Å². The lowest BCUT2D eigenvalue weighted by molar-refractivity contribution is 0.0420. The van der Waals surface area contributed by atoms with E-state index in [1.54, 1.807) is 21.3 Å². The smallest absolute Gasteiger partial charge is 0.190 e. The van der Waals surface area contributed by atoms with Crippen molar-refractivity contribution in [3.8, 4) is 11.5 Å². The molecule has 1 fully saturated rings. The molecule has 26 heavy (non-hydrogen) atoms. The number of hydrogen-bond donors (Lipinski definition) is 2. The summed E-state index contributed by atoms with van der Waals surface area (Å²) in [5, 5.41) is 6.63. The van der Waals surface area contributed by atoms with E-state index in [-0.39, 0.29) is 6.10 Å². The van der Waals surface area contributed by atoms with Gasteiger partial charge in [0.05, 0.1) is 26.9 Å². The van der Waals surface area contributed by atoms with Crippen molar-refractivity contribution < 1.29 is 18.9 Å². The Morgan fingerprint density at radius 1 is 1.19 bits per heavy atom. The number of benzene rings is 1. The SMILES string of the molecule is CN=C(NCCCOC1CCOC1)NCCc1ccc(OC)c(OC)c1. The zero-order valence-corrected chi connectivity index (χ0v) is 16.0. The van der Waals surface area contributed by atoms with E-state index in [1.165, 1.54) is 5.56 Å². The Hall–Kier alpha value is -1.99. The standard InChI is InChI=1S/C19H31N3O4/c1-20-19(21-9-4-11-26-16-8-12-25-14-16)22-10-7-15-5-6-17(23-2)18(13-15)24-3/h5-6,13,16H,4,7-12,14H2,1-3H3,(H2,20,21,22). The zero-order valence-electron chi connectivity index (χ0n) is 16.0. The number of nitrogens with zero attached hydrogens (tertiary/aromatic N) is 1. The number of nitrogens with one attached hydrogen (secondary N) is 2. The van der Waals surface area contributed by atoms with Gasteiger partial charge >= 0.3 is 0 Å². The highest BCUT2D eigenvalue weighted by atomic mass is 16.5. The van der Waals surface area contributed by atoms with E-state index in [9.17, 15) is 0 Å². The minimum absolute atomic E-state index is 0.272. The zero-order chi connectivity index (χ0) is 18.6. The third-order valence-corrected chi connectivity index (χ3v) is 4.23. The third-order valence-electron chi connectivity index (χ3n) is 4.23. The molecule has 1 saturated heterocycles. The maximum Gasteiger partial charge on any atom is 0.190 e. The van der Waals surface area contributed by atoms with Crippen LogP contribution in [0.5, 0.6) is 11.5 Å². The van der Waals surface area contributed by atoms with Gasteiger partial charge in [-0.1, -0.05) is 6.07 Å². The minimum atomic E-state index is 0.272. The molecule has 1 aromatic rings. The summed E-state index contributed by atoms with van der Waals surface area (Å²) in [4.78, 5) is 4.24. The third kappa shape index (κ3) is 6.72. The molecule has 1 aromatic carbocycles. The second-order valence-corrected chi connectivity index (χ2v) is 6.08. The van der Waals surface area contributed by atoms with Crippen molar-refractivity contribution in [2.75, 3.05) is 54.2 Å². The number of aliphatic imine (C=N–C) groups is 1. The van der Waals surface area contributed by atoms with Gasteiger partial charge in [0, 0.05) is 33.4 Å². The molecule has 1 atom stereocenters. The normalized spacial score (nSPS) is 17.2. The van der Waals surface area contributed by atoms with E-state index >= 15 is 0 Å². The summed E-state index contributed by atoms with van der Waals surface area (Å²) >= 11 is 0. The molecule has 1 unspecified atom stereocenters. The Morgan fingerprint density at radius 3 is 2.69 bits per heavy atom. The summed E-state index contributed by atoms with van der Waals surface area (Å²) < 4.78 is 21.6. The highest BCUT2D eigenvalue weighted by molar-refractivity contribution is 5.79. The van der Waals surface area contributed by atoms with Crippen molar-refractivity contribution in [3.05, 3.63) is 23.8 Å². The van der Waals surface area contributed by atoms with Gasteiger partial charge in [-0.15, -0.1) is 0 Å². The fourth-order valence-corrected chi connectivity index (χ4v) is 2.76. The van der Waals surface area contributed by atoms with Gasteiger partial charge < -0.3 is 29.6 Å². The van der Waals surface area contributed by atoms with E-state index in [0.717, 1.165) is 69.6 Å².